The number of hydrogen-bond acceptors (Lipinski definition) is 4. The maximum absolute atomic E-state index is 12.9. The van der Waals surface area contributed by atoms with Crippen LogP contribution in [0.25, 0.3) is 0 Å². The Kier molecular flexibility index (Phi) is 5.57. The monoisotopic (exact) mass is 335 g/mol. The largest absolute Gasteiger partial charge is 0.348 e. The normalized spacial score (nSPS) is 10.8. The SMILES string of the molecule is CCCc1nc(CNC(=O)C(c2ccccc2)c2ccccc2)no1. The van der Waals surface area contributed by atoms with Crippen LogP contribution >= 0.6 is 0 Å². The van der Waals surface area contributed by atoms with Crippen LogP contribution in [0.15, 0.2) is 65.2 Å². The van der Waals surface area contributed by atoms with Gasteiger partial charge in [0.1, 0.15) is 0 Å². The first-order valence-electron chi connectivity index (χ1n) is 8.47. The average molecular weight is 335 g/mol. The Morgan fingerprint density at radius 3 is 2.20 bits per heavy atom. The molecule has 128 valence electrons. The van der Waals surface area contributed by atoms with E-state index in [1.165, 1.54) is 0 Å². The Hall–Kier alpha value is -2.95. The van der Waals surface area contributed by atoms with Crippen molar-refractivity contribution in [3.05, 3.63) is 83.5 Å². The third-order valence-electron chi connectivity index (χ3n) is 3.92. The van der Waals surface area contributed by atoms with Crippen molar-refractivity contribution in [2.24, 2.45) is 0 Å². The van der Waals surface area contributed by atoms with Crippen LogP contribution < -0.4 is 5.32 Å². The van der Waals surface area contributed by atoms with Crippen molar-refractivity contribution >= 4 is 5.91 Å². The fourth-order valence-electron chi connectivity index (χ4n) is 2.73. The minimum atomic E-state index is -0.371. The fraction of sp³-hybridized carbons (Fsp3) is 0.250. The Labute approximate surface area is 147 Å². The van der Waals surface area contributed by atoms with Gasteiger partial charge in [-0.3, -0.25) is 4.79 Å². The molecule has 0 bridgehead atoms. The van der Waals surface area contributed by atoms with Crippen molar-refractivity contribution in [1.29, 1.82) is 0 Å². The summed E-state index contributed by atoms with van der Waals surface area (Å²) < 4.78 is 5.15. The van der Waals surface area contributed by atoms with Crippen LogP contribution in [0.5, 0.6) is 0 Å². The lowest BCUT2D eigenvalue weighted by atomic mass is 9.90. The van der Waals surface area contributed by atoms with Crippen LogP contribution in [-0.2, 0) is 17.8 Å². The Morgan fingerprint density at radius 1 is 1.04 bits per heavy atom. The molecule has 5 nitrogen and oxygen atoms in total. The molecule has 1 aromatic heterocycles. The van der Waals surface area contributed by atoms with Gasteiger partial charge in [-0.2, -0.15) is 4.98 Å². The van der Waals surface area contributed by atoms with Crippen LogP contribution in [0.2, 0.25) is 0 Å². The predicted octanol–water partition coefficient (Wildman–Crippen LogP) is 3.47. The first-order valence-corrected chi connectivity index (χ1v) is 8.47. The van der Waals surface area contributed by atoms with Gasteiger partial charge < -0.3 is 9.84 Å². The van der Waals surface area contributed by atoms with Crippen LogP contribution in [-0.4, -0.2) is 16.0 Å². The number of hydrogen-bond donors (Lipinski definition) is 1. The Balaban J connectivity index is 1.75. The van der Waals surface area contributed by atoms with E-state index in [4.69, 9.17) is 4.52 Å². The molecule has 25 heavy (non-hydrogen) atoms. The highest BCUT2D eigenvalue weighted by molar-refractivity contribution is 5.87. The van der Waals surface area contributed by atoms with Crippen molar-refractivity contribution in [2.45, 2.75) is 32.2 Å². The van der Waals surface area contributed by atoms with Crippen molar-refractivity contribution in [2.75, 3.05) is 0 Å². The second-order valence-electron chi connectivity index (χ2n) is 5.83. The predicted molar refractivity (Wildman–Crippen MR) is 94.9 cm³/mol. The van der Waals surface area contributed by atoms with Gasteiger partial charge >= 0.3 is 0 Å². The van der Waals surface area contributed by atoms with Crippen LogP contribution in [0.1, 0.15) is 42.1 Å². The summed E-state index contributed by atoms with van der Waals surface area (Å²) in [5, 5.41) is 6.84. The molecule has 1 N–H and O–H groups in total. The summed E-state index contributed by atoms with van der Waals surface area (Å²) in [5.41, 5.74) is 1.90. The smallest absolute Gasteiger partial charge is 0.232 e. The lowest BCUT2D eigenvalue weighted by molar-refractivity contribution is -0.121. The van der Waals surface area contributed by atoms with E-state index in [2.05, 4.69) is 22.4 Å². The van der Waals surface area contributed by atoms with Crippen molar-refractivity contribution in [1.82, 2.24) is 15.5 Å². The number of nitrogens with one attached hydrogen (secondary N) is 1. The van der Waals surface area contributed by atoms with E-state index in [0.29, 0.717) is 11.7 Å². The molecular weight excluding hydrogens is 314 g/mol. The highest BCUT2D eigenvalue weighted by Gasteiger charge is 2.22. The van der Waals surface area contributed by atoms with E-state index < -0.39 is 0 Å². The number of nitrogens with zero attached hydrogens (tertiary/aromatic N) is 2. The van der Waals surface area contributed by atoms with E-state index in [1.807, 2.05) is 60.7 Å². The molecule has 0 saturated heterocycles. The first-order chi connectivity index (χ1) is 12.3. The summed E-state index contributed by atoms with van der Waals surface area (Å²) >= 11 is 0. The highest BCUT2D eigenvalue weighted by atomic mass is 16.5. The molecule has 0 radical (unpaired) electrons. The van der Waals surface area contributed by atoms with Crippen molar-refractivity contribution < 1.29 is 9.32 Å². The molecule has 0 unspecified atom stereocenters. The van der Waals surface area contributed by atoms with Gasteiger partial charge in [-0.25, -0.2) is 0 Å². The zero-order chi connectivity index (χ0) is 17.5. The van der Waals surface area contributed by atoms with Gasteiger partial charge in [-0.15, -0.1) is 0 Å². The average Bonchev–Trinajstić information content (AvgIpc) is 3.10. The summed E-state index contributed by atoms with van der Waals surface area (Å²) in [6.07, 6.45) is 1.69. The van der Waals surface area contributed by atoms with E-state index in [9.17, 15) is 4.79 Å². The molecule has 0 fully saturated rings. The molecule has 1 amide bonds. The molecule has 2 aromatic carbocycles. The zero-order valence-electron chi connectivity index (χ0n) is 14.2. The Morgan fingerprint density at radius 2 is 1.64 bits per heavy atom. The van der Waals surface area contributed by atoms with Gasteiger partial charge in [-0.1, -0.05) is 72.7 Å². The summed E-state index contributed by atoms with van der Waals surface area (Å²) in [6, 6.07) is 19.5. The topological polar surface area (TPSA) is 68.0 Å². The third-order valence-corrected chi connectivity index (χ3v) is 3.92. The number of amides is 1. The summed E-state index contributed by atoms with van der Waals surface area (Å²) in [7, 11) is 0. The van der Waals surface area contributed by atoms with E-state index >= 15 is 0 Å². The number of rotatable bonds is 7. The zero-order valence-corrected chi connectivity index (χ0v) is 14.2. The molecular formula is C20H21N3O2. The number of aryl methyl sites for hydroxylation is 1. The third kappa shape index (κ3) is 4.32. The first kappa shape index (κ1) is 16.9. The molecule has 1 heterocycles. The molecule has 3 aromatic rings. The lowest BCUT2D eigenvalue weighted by Crippen LogP contribution is -2.30. The van der Waals surface area contributed by atoms with E-state index in [-0.39, 0.29) is 18.4 Å². The van der Waals surface area contributed by atoms with E-state index in [1.54, 1.807) is 0 Å². The molecule has 5 heteroatoms. The van der Waals surface area contributed by atoms with Gasteiger partial charge in [0.2, 0.25) is 11.8 Å². The highest BCUT2D eigenvalue weighted by Crippen LogP contribution is 2.24. The molecule has 0 saturated carbocycles. The minimum Gasteiger partial charge on any atom is -0.348 e. The van der Waals surface area contributed by atoms with Gasteiger partial charge in [0, 0.05) is 6.42 Å². The molecule has 0 aliphatic rings. The molecule has 3 rings (SSSR count). The lowest BCUT2D eigenvalue weighted by Gasteiger charge is -2.17. The van der Waals surface area contributed by atoms with Gasteiger partial charge in [-0.05, 0) is 17.5 Å². The van der Waals surface area contributed by atoms with Crippen LogP contribution in [0, 0.1) is 0 Å². The number of carbonyl (C=O) groups is 1. The second kappa shape index (κ2) is 8.24. The summed E-state index contributed by atoms with van der Waals surface area (Å²) in [5.74, 6) is 0.648. The maximum Gasteiger partial charge on any atom is 0.232 e. The van der Waals surface area contributed by atoms with Crippen LogP contribution in [0.4, 0.5) is 0 Å². The quantitative estimate of drug-likeness (QED) is 0.718. The van der Waals surface area contributed by atoms with Gasteiger partial charge in [0.05, 0.1) is 12.5 Å². The number of aromatic nitrogens is 2. The number of benzene rings is 2. The maximum atomic E-state index is 12.9. The summed E-state index contributed by atoms with van der Waals surface area (Å²) in [6.45, 7) is 2.30. The molecule has 0 aliphatic heterocycles. The summed E-state index contributed by atoms with van der Waals surface area (Å²) in [4.78, 5) is 17.1. The molecule has 0 aliphatic carbocycles. The van der Waals surface area contributed by atoms with Gasteiger partial charge in [0.15, 0.2) is 5.82 Å². The minimum absolute atomic E-state index is 0.0840. The second-order valence-corrected chi connectivity index (χ2v) is 5.83. The van der Waals surface area contributed by atoms with E-state index in [0.717, 1.165) is 24.0 Å². The van der Waals surface area contributed by atoms with Crippen molar-refractivity contribution in [3.8, 4) is 0 Å². The molecule has 0 atom stereocenters. The number of carbonyl (C=O) groups excluding carboxylic acids is 1. The van der Waals surface area contributed by atoms with Crippen LogP contribution in [0.3, 0.4) is 0 Å². The Bertz CT molecular complexity index is 761. The fourth-order valence-corrected chi connectivity index (χ4v) is 2.73. The molecule has 0 spiro atoms. The van der Waals surface area contributed by atoms with Gasteiger partial charge in [0.25, 0.3) is 0 Å². The standard InChI is InChI=1S/C20H21N3O2/c1-2-9-18-22-17(23-25-18)14-21-20(24)19(15-10-5-3-6-11-15)16-12-7-4-8-13-16/h3-8,10-13,19H,2,9,14H2,1H3,(H,21,24). The van der Waals surface area contributed by atoms with Crippen molar-refractivity contribution in [3.63, 3.8) is 0 Å².